The topological polar surface area (TPSA) is 225 Å². The van der Waals surface area contributed by atoms with E-state index < -0.39 is 78.6 Å². The van der Waals surface area contributed by atoms with Crippen LogP contribution in [-0.4, -0.2) is 119 Å². The minimum atomic E-state index is -1.67. The highest BCUT2D eigenvalue weighted by Crippen LogP contribution is 2.34. The lowest BCUT2D eigenvalue weighted by Crippen LogP contribution is -2.70. The molecule has 0 radical (unpaired) electrons. The number of aliphatic hydroxyl groups is 3. The third kappa shape index (κ3) is 7.67. The first kappa shape index (κ1) is 34.9. The van der Waals surface area contributed by atoms with Crippen LogP contribution in [0.5, 0.6) is 0 Å². The Balaban J connectivity index is 1.40. The van der Waals surface area contributed by atoms with Gasteiger partial charge in [-0.3, -0.25) is 9.59 Å². The molecule has 0 bridgehead atoms. The summed E-state index contributed by atoms with van der Waals surface area (Å²) >= 11 is 0. The lowest BCUT2D eigenvalue weighted by Gasteiger charge is -2.50. The average molecular weight is 656 g/mol. The van der Waals surface area contributed by atoms with E-state index >= 15 is 0 Å². The summed E-state index contributed by atoms with van der Waals surface area (Å²) in [4.78, 5) is 27.8. The van der Waals surface area contributed by atoms with Gasteiger partial charge >= 0.3 is 0 Å². The second kappa shape index (κ2) is 14.8. The molecule has 2 amide bonds. The number of amides is 2. The van der Waals surface area contributed by atoms with Crippen molar-refractivity contribution >= 4 is 11.8 Å². The lowest BCUT2D eigenvalue weighted by atomic mass is 9.83. The van der Waals surface area contributed by atoms with E-state index in [0.717, 1.165) is 0 Å². The molecule has 256 valence electrons. The van der Waals surface area contributed by atoms with Gasteiger partial charge in [0.25, 0.3) is 11.8 Å². The SMILES string of the molecule is CN(C(=O)c1ccccc1)[C@@H]1[C@@H](O)[C@@H](O[C@@H]2[C@@H](O)[C@H](O[C@H]3OC(CN)=CC[C@H]3N)[C@@H](N)C[C@H]2NC(=O)c2ccccc2)OC[C@]1(C)O. The third-order valence-electron chi connectivity index (χ3n) is 8.93. The normalized spacial score (nSPS) is 35.7. The zero-order valence-electron chi connectivity index (χ0n) is 26.4. The van der Waals surface area contributed by atoms with Crippen LogP contribution in [0.4, 0.5) is 0 Å². The second-order valence-electron chi connectivity index (χ2n) is 12.6. The minimum Gasteiger partial charge on any atom is -0.467 e. The Morgan fingerprint density at radius 2 is 1.57 bits per heavy atom. The summed E-state index contributed by atoms with van der Waals surface area (Å²) in [6.07, 6.45) is -5.43. The van der Waals surface area contributed by atoms with E-state index in [1.807, 2.05) is 0 Å². The van der Waals surface area contributed by atoms with Crippen molar-refractivity contribution in [3.63, 3.8) is 0 Å². The molecule has 10 N–H and O–H groups in total. The maximum absolute atomic E-state index is 13.3. The molecule has 1 saturated heterocycles. The number of nitrogens with two attached hydrogens (primary N) is 3. The van der Waals surface area contributed by atoms with Gasteiger partial charge in [-0.15, -0.1) is 0 Å². The summed E-state index contributed by atoms with van der Waals surface area (Å²) in [5, 5.41) is 37.5. The van der Waals surface area contributed by atoms with Gasteiger partial charge in [-0.2, -0.15) is 0 Å². The molecule has 2 aromatic carbocycles. The molecular formula is C33H45N5O9. The number of ether oxygens (including phenoxy) is 4. The molecule has 1 aliphatic carbocycles. The average Bonchev–Trinajstić information content (AvgIpc) is 3.06. The maximum atomic E-state index is 13.3. The number of likely N-dealkylation sites (N-methyl/N-ethyl adjacent to an activating group) is 1. The molecule has 11 atom stereocenters. The first-order valence-electron chi connectivity index (χ1n) is 15.7. The Morgan fingerprint density at radius 1 is 0.957 bits per heavy atom. The molecule has 2 fully saturated rings. The van der Waals surface area contributed by atoms with Crippen LogP contribution >= 0.6 is 0 Å². The molecule has 5 rings (SSSR count). The molecule has 2 heterocycles. The Bertz CT molecular complexity index is 1400. The van der Waals surface area contributed by atoms with Crippen molar-refractivity contribution in [2.75, 3.05) is 20.2 Å². The predicted molar refractivity (Wildman–Crippen MR) is 169 cm³/mol. The number of carbonyl (C=O) groups is 2. The largest absolute Gasteiger partial charge is 0.467 e. The van der Waals surface area contributed by atoms with Gasteiger partial charge in [0, 0.05) is 24.2 Å². The first-order valence-corrected chi connectivity index (χ1v) is 15.7. The van der Waals surface area contributed by atoms with E-state index in [0.29, 0.717) is 23.3 Å². The quantitative estimate of drug-likeness (QED) is 0.176. The number of benzene rings is 2. The molecule has 1 saturated carbocycles. The predicted octanol–water partition coefficient (Wildman–Crippen LogP) is -0.827. The molecule has 0 spiro atoms. The fraction of sp³-hybridized carbons (Fsp3) is 0.515. The number of rotatable bonds is 9. The number of hydrogen-bond acceptors (Lipinski definition) is 12. The molecule has 0 unspecified atom stereocenters. The van der Waals surface area contributed by atoms with Crippen molar-refractivity contribution in [1.29, 1.82) is 0 Å². The number of nitrogens with zero attached hydrogens (tertiary/aromatic N) is 1. The summed E-state index contributed by atoms with van der Waals surface area (Å²) in [6, 6.07) is 13.5. The van der Waals surface area contributed by atoms with Crippen molar-refractivity contribution in [3.8, 4) is 0 Å². The van der Waals surface area contributed by atoms with Crippen molar-refractivity contribution in [1.82, 2.24) is 10.2 Å². The van der Waals surface area contributed by atoms with Gasteiger partial charge in [0.1, 0.15) is 35.8 Å². The molecule has 2 aliphatic heterocycles. The number of nitrogens with one attached hydrogen (secondary N) is 1. The zero-order valence-corrected chi connectivity index (χ0v) is 26.4. The second-order valence-corrected chi connectivity index (χ2v) is 12.6. The molecule has 14 heteroatoms. The smallest absolute Gasteiger partial charge is 0.254 e. The molecule has 3 aliphatic rings. The molecule has 0 aromatic heterocycles. The summed E-state index contributed by atoms with van der Waals surface area (Å²) in [7, 11) is 1.47. The summed E-state index contributed by atoms with van der Waals surface area (Å²) in [5.41, 5.74) is 17.6. The molecule has 2 aromatic rings. The Labute approximate surface area is 273 Å². The van der Waals surface area contributed by atoms with Gasteiger partial charge in [0.05, 0.1) is 31.3 Å². The van der Waals surface area contributed by atoms with Crippen LogP contribution in [0.2, 0.25) is 0 Å². The highest BCUT2D eigenvalue weighted by atomic mass is 16.7. The standard InChI is InChI=1S/C33H45N5O9/c1-33(43)17-44-32(25(40)28(33)38(2)30(42)19-11-7-4-8-12-19)47-27-23(37-29(41)18-9-5-3-6-10-18)15-22(36)26(24(27)39)46-31-21(35)14-13-20(16-34)45-31/h3-13,21-28,31-32,39-40,43H,14-17,34-36H2,1-2H3,(H,37,41)/t21-,22+,23-,24+,25-,26-,27+,28-,31-,32-,33+/m1/s1. The molecular weight excluding hydrogens is 610 g/mol. The van der Waals surface area contributed by atoms with Gasteiger partial charge in [-0.05, 0) is 50.1 Å². The van der Waals surface area contributed by atoms with Crippen LogP contribution in [0.1, 0.15) is 40.5 Å². The van der Waals surface area contributed by atoms with Crippen LogP contribution in [0.15, 0.2) is 72.5 Å². The van der Waals surface area contributed by atoms with E-state index in [1.165, 1.54) is 18.9 Å². The van der Waals surface area contributed by atoms with E-state index in [9.17, 15) is 24.9 Å². The van der Waals surface area contributed by atoms with E-state index in [2.05, 4.69) is 5.32 Å². The summed E-state index contributed by atoms with van der Waals surface area (Å²) in [6.45, 7) is 1.27. The fourth-order valence-corrected chi connectivity index (χ4v) is 6.44. The van der Waals surface area contributed by atoms with Crippen molar-refractivity contribution in [2.24, 2.45) is 17.2 Å². The first-order chi connectivity index (χ1) is 22.4. The van der Waals surface area contributed by atoms with Crippen molar-refractivity contribution < 1.29 is 43.9 Å². The summed E-state index contributed by atoms with van der Waals surface area (Å²) < 4.78 is 24.0. The van der Waals surface area contributed by atoms with Crippen LogP contribution in [0, 0.1) is 0 Å². The van der Waals surface area contributed by atoms with Gasteiger partial charge < -0.3 is 61.7 Å². The highest BCUT2D eigenvalue weighted by molar-refractivity contribution is 5.94. The fourth-order valence-electron chi connectivity index (χ4n) is 6.44. The Morgan fingerprint density at radius 3 is 2.21 bits per heavy atom. The van der Waals surface area contributed by atoms with Crippen LogP contribution < -0.4 is 22.5 Å². The number of carbonyl (C=O) groups excluding carboxylic acids is 2. The van der Waals surface area contributed by atoms with Crippen LogP contribution in [0.25, 0.3) is 0 Å². The van der Waals surface area contributed by atoms with Crippen molar-refractivity contribution in [2.45, 2.75) is 86.5 Å². The van der Waals surface area contributed by atoms with E-state index in [4.69, 9.17) is 36.1 Å². The van der Waals surface area contributed by atoms with Crippen LogP contribution in [-0.2, 0) is 18.9 Å². The summed E-state index contributed by atoms with van der Waals surface area (Å²) in [5.74, 6) is -0.379. The Kier molecular flexibility index (Phi) is 11.0. The zero-order chi connectivity index (χ0) is 33.9. The molecule has 14 nitrogen and oxygen atoms in total. The molecule has 47 heavy (non-hydrogen) atoms. The van der Waals surface area contributed by atoms with E-state index in [-0.39, 0.29) is 19.6 Å². The Hall–Kier alpha value is -3.44. The number of hydrogen-bond donors (Lipinski definition) is 7. The van der Waals surface area contributed by atoms with Gasteiger partial charge in [0.15, 0.2) is 6.29 Å². The van der Waals surface area contributed by atoms with Crippen LogP contribution in [0.3, 0.4) is 0 Å². The van der Waals surface area contributed by atoms with Gasteiger partial charge in [0.2, 0.25) is 6.29 Å². The monoisotopic (exact) mass is 655 g/mol. The van der Waals surface area contributed by atoms with E-state index in [1.54, 1.807) is 66.7 Å². The van der Waals surface area contributed by atoms with Gasteiger partial charge in [-0.25, -0.2) is 0 Å². The third-order valence-corrected chi connectivity index (χ3v) is 8.93. The van der Waals surface area contributed by atoms with Gasteiger partial charge in [-0.1, -0.05) is 36.4 Å². The minimum absolute atomic E-state index is 0.100. The van der Waals surface area contributed by atoms with Crippen molar-refractivity contribution in [3.05, 3.63) is 83.6 Å². The highest BCUT2D eigenvalue weighted by Gasteiger charge is 2.53. The maximum Gasteiger partial charge on any atom is 0.254 e. The lowest BCUT2D eigenvalue weighted by molar-refractivity contribution is -0.310. The number of aliphatic hydroxyl groups excluding tert-OH is 2.